The molecule has 0 saturated carbocycles. The molecular weight excluding hydrogens is 354 g/mol. The molecule has 28 heavy (non-hydrogen) atoms. The van der Waals surface area contributed by atoms with Crippen LogP contribution in [-0.4, -0.2) is 58.9 Å². The van der Waals surface area contributed by atoms with Crippen LogP contribution in [0.1, 0.15) is 22.5 Å². The Morgan fingerprint density at radius 3 is 2.93 bits per heavy atom. The van der Waals surface area contributed by atoms with Crippen molar-refractivity contribution in [2.75, 3.05) is 30.0 Å². The van der Waals surface area contributed by atoms with E-state index in [2.05, 4.69) is 25.4 Å². The second-order valence-corrected chi connectivity index (χ2v) is 7.14. The van der Waals surface area contributed by atoms with Gasteiger partial charge >= 0.3 is 0 Å². The van der Waals surface area contributed by atoms with Gasteiger partial charge in [-0.25, -0.2) is 4.98 Å². The standard InChI is InChI=1S/C20H23N7O/c1-14-10-23-19(11-22-14)27-12-15-6-9-26(13-18(15)27)20(28)16-4-2-3-5-17(16)25-24-8-7-21/h2-5,7-8,10-11,15,18,21,25H,6,9,12-13H2,1H3/b21-7?,24-8-. The molecule has 4 rings (SSSR count). The zero-order valence-corrected chi connectivity index (χ0v) is 15.7. The zero-order valence-electron chi connectivity index (χ0n) is 15.7. The van der Waals surface area contributed by atoms with E-state index in [1.165, 1.54) is 6.21 Å². The number of para-hydroxylation sites is 1. The van der Waals surface area contributed by atoms with E-state index in [9.17, 15) is 4.79 Å². The van der Waals surface area contributed by atoms with Crippen molar-refractivity contribution in [2.45, 2.75) is 19.4 Å². The van der Waals surface area contributed by atoms with Crippen molar-refractivity contribution >= 4 is 29.8 Å². The van der Waals surface area contributed by atoms with Gasteiger partial charge in [-0.1, -0.05) is 12.1 Å². The SMILES string of the molecule is Cc1cnc(N2CC3CCN(C(=O)c4ccccc4N/N=C\C=N)CC32)cn1. The molecule has 2 aliphatic rings. The predicted molar refractivity (Wildman–Crippen MR) is 109 cm³/mol. The third kappa shape index (κ3) is 3.45. The van der Waals surface area contributed by atoms with Gasteiger partial charge in [0.15, 0.2) is 0 Å². The number of nitrogens with zero attached hydrogens (tertiary/aromatic N) is 5. The van der Waals surface area contributed by atoms with Crippen molar-refractivity contribution in [2.24, 2.45) is 11.0 Å². The molecule has 0 spiro atoms. The number of anilines is 2. The maximum Gasteiger partial charge on any atom is 0.256 e. The summed E-state index contributed by atoms with van der Waals surface area (Å²) in [4.78, 5) is 26.2. The first-order chi connectivity index (χ1) is 13.7. The molecule has 0 bridgehead atoms. The van der Waals surface area contributed by atoms with Gasteiger partial charge in [-0.05, 0) is 25.5 Å². The molecule has 144 valence electrons. The van der Waals surface area contributed by atoms with E-state index in [1.807, 2.05) is 36.2 Å². The lowest BCUT2D eigenvalue weighted by Gasteiger charge is -2.53. The number of piperidine rings is 1. The third-order valence-corrected chi connectivity index (χ3v) is 5.39. The minimum atomic E-state index is -0.00607. The van der Waals surface area contributed by atoms with E-state index in [4.69, 9.17) is 5.41 Å². The summed E-state index contributed by atoms with van der Waals surface area (Å²) in [6.07, 6.45) is 7.01. The van der Waals surface area contributed by atoms with Crippen molar-refractivity contribution < 1.29 is 4.79 Å². The van der Waals surface area contributed by atoms with Gasteiger partial charge in [-0.15, -0.1) is 0 Å². The Bertz CT molecular complexity index is 896. The average Bonchev–Trinajstić information content (AvgIpc) is 2.70. The topological polar surface area (TPSA) is 97.6 Å². The number of nitrogens with one attached hydrogen (secondary N) is 2. The minimum Gasteiger partial charge on any atom is -0.350 e. The molecular formula is C20H23N7O. The van der Waals surface area contributed by atoms with Crippen molar-refractivity contribution in [3.05, 3.63) is 47.9 Å². The number of hydrazone groups is 1. The maximum absolute atomic E-state index is 13.2. The monoisotopic (exact) mass is 377 g/mol. The van der Waals surface area contributed by atoms with E-state index in [0.717, 1.165) is 37.2 Å². The Kier molecular flexibility index (Phi) is 5.01. The Morgan fingerprint density at radius 2 is 2.14 bits per heavy atom. The number of benzene rings is 1. The summed E-state index contributed by atoms with van der Waals surface area (Å²) in [5.41, 5.74) is 4.98. The maximum atomic E-state index is 13.2. The summed E-state index contributed by atoms with van der Waals surface area (Å²) in [7, 11) is 0. The quantitative estimate of drug-likeness (QED) is 0.615. The van der Waals surface area contributed by atoms with E-state index >= 15 is 0 Å². The van der Waals surface area contributed by atoms with Gasteiger partial charge in [-0.3, -0.25) is 15.2 Å². The lowest BCUT2D eigenvalue weighted by molar-refractivity contribution is 0.0592. The zero-order chi connectivity index (χ0) is 19.5. The van der Waals surface area contributed by atoms with Gasteiger partial charge < -0.3 is 15.2 Å². The molecule has 2 N–H and O–H groups in total. The second-order valence-electron chi connectivity index (χ2n) is 7.14. The summed E-state index contributed by atoms with van der Waals surface area (Å²) in [6, 6.07) is 7.61. The van der Waals surface area contributed by atoms with Gasteiger partial charge in [0.05, 0.1) is 41.6 Å². The largest absolute Gasteiger partial charge is 0.350 e. The average molecular weight is 377 g/mol. The molecule has 0 radical (unpaired) electrons. The number of aryl methyl sites for hydroxylation is 1. The van der Waals surface area contributed by atoms with Crippen LogP contribution in [0.3, 0.4) is 0 Å². The second kappa shape index (κ2) is 7.75. The van der Waals surface area contributed by atoms with Crippen molar-refractivity contribution in [1.29, 1.82) is 5.41 Å². The summed E-state index contributed by atoms with van der Waals surface area (Å²) in [6.45, 7) is 4.33. The van der Waals surface area contributed by atoms with Gasteiger partial charge in [0.25, 0.3) is 5.91 Å². The highest BCUT2D eigenvalue weighted by atomic mass is 16.2. The van der Waals surface area contributed by atoms with Crippen LogP contribution in [0.4, 0.5) is 11.5 Å². The summed E-state index contributed by atoms with van der Waals surface area (Å²) >= 11 is 0. The first kappa shape index (κ1) is 18.1. The molecule has 2 atom stereocenters. The van der Waals surface area contributed by atoms with Gasteiger partial charge in [0.1, 0.15) is 5.82 Å². The normalized spacial score (nSPS) is 21.2. The highest BCUT2D eigenvalue weighted by molar-refractivity contribution is 6.14. The highest BCUT2D eigenvalue weighted by Gasteiger charge is 2.44. The Hall–Kier alpha value is -3.29. The Balaban J connectivity index is 1.48. The van der Waals surface area contributed by atoms with Crippen LogP contribution in [0.25, 0.3) is 0 Å². The van der Waals surface area contributed by atoms with E-state index in [0.29, 0.717) is 23.7 Å². The fraction of sp³-hybridized carbons (Fsp3) is 0.350. The van der Waals surface area contributed by atoms with E-state index in [-0.39, 0.29) is 11.9 Å². The number of likely N-dealkylation sites (tertiary alicyclic amines) is 1. The molecule has 1 amide bonds. The summed E-state index contributed by atoms with van der Waals surface area (Å²) in [5.74, 6) is 1.47. The lowest BCUT2D eigenvalue weighted by atomic mass is 9.82. The molecule has 2 aromatic rings. The minimum absolute atomic E-state index is 0.00607. The van der Waals surface area contributed by atoms with Crippen LogP contribution in [0.5, 0.6) is 0 Å². The highest BCUT2D eigenvalue weighted by Crippen LogP contribution is 2.36. The van der Waals surface area contributed by atoms with Crippen molar-refractivity contribution in [3.8, 4) is 0 Å². The van der Waals surface area contributed by atoms with Crippen LogP contribution in [0.15, 0.2) is 41.8 Å². The molecule has 2 saturated heterocycles. The van der Waals surface area contributed by atoms with Crippen LogP contribution < -0.4 is 10.3 Å². The number of carbonyl (C=O) groups is 1. The number of carbonyl (C=O) groups excluding carboxylic acids is 1. The fourth-order valence-electron chi connectivity index (χ4n) is 3.86. The Morgan fingerprint density at radius 1 is 1.29 bits per heavy atom. The molecule has 2 fully saturated rings. The van der Waals surface area contributed by atoms with Crippen LogP contribution >= 0.6 is 0 Å². The molecule has 2 aliphatic heterocycles. The third-order valence-electron chi connectivity index (χ3n) is 5.39. The number of fused-ring (bicyclic) bond motifs is 1. The van der Waals surface area contributed by atoms with Crippen LogP contribution in [0, 0.1) is 18.3 Å². The number of aromatic nitrogens is 2. The summed E-state index contributed by atoms with van der Waals surface area (Å²) in [5, 5.41) is 10.9. The van der Waals surface area contributed by atoms with Crippen LogP contribution in [0.2, 0.25) is 0 Å². The lowest BCUT2D eigenvalue weighted by Crippen LogP contribution is -2.65. The summed E-state index contributed by atoms with van der Waals surface area (Å²) < 4.78 is 0. The van der Waals surface area contributed by atoms with Gasteiger partial charge in [-0.2, -0.15) is 5.10 Å². The molecule has 1 aromatic heterocycles. The fourth-order valence-corrected chi connectivity index (χ4v) is 3.86. The van der Waals surface area contributed by atoms with Crippen molar-refractivity contribution in [3.63, 3.8) is 0 Å². The molecule has 2 unspecified atom stereocenters. The number of amides is 1. The predicted octanol–water partition coefficient (Wildman–Crippen LogP) is 2.18. The number of hydrogen-bond donors (Lipinski definition) is 2. The van der Waals surface area contributed by atoms with Gasteiger partial charge in [0, 0.05) is 31.8 Å². The van der Waals surface area contributed by atoms with Crippen LogP contribution in [-0.2, 0) is 0 Å². The molecule has 8 heteroatoms. The number of hydrogen-bond acceptors (Lipinski definition) is 7. The van der Waals surface area contributed by atoms with E-state index in [1.54, 1.807) is 12.3 Å². The molecule has 0 aliphatic carbocycles. The molecule has 1 aromatic carbocycles. The van der Waals surface area contributed by atoms with E-state index < -0.39 is 0 Å². The first-order valence-corrected chi connectivity index (χ1v) is 9.39. The molecule has 8 nitrogen and oxygen atoms in total. The van der Waals surface area contributed by atoms with Gasteiger partial charge in [0.2, 0.25) is 0 Å². The smallest absolute Gasteiger partial charge is 0.256 e. The number of rotatable bonds is 5. The Labute approximate surface area is 163 Å². The first-order valence-electron chi connectivity index (χ1n) is 9.39. The molecule has 3 heterocycles. The van der Waals surface area contributed by atoms with Crippen molar-refractivity contribution in [1.82, 2.24) is 14.9 Å².